The Bertz CT molecular complexity index is 589. The molecule has 0 bridgehead atoms. The van der Waals surface area contributed by atoms with Crippen LogP contribution in [0.2, 0.25) is 0 Å². The summed E-state index contributed by atoms with van der Waals surface area (Å²) in [4.78, 5) is 4.74. The zero-order valence-electron chi connectivity index (χ0n) is 13.2. The van der Waals surface area contributed by atoms with Gasteiger partial charge in [-0.2, -0.15) is 0 Å². The Hall–Kier alpha value is -1.01. The van der Waals surface area contributed by atoms with Crippen molar-refractivity contribution < 1.29 is 9.84 Å². The summed E-state index contributed by atoms with van der Waals surface area (Å²) in [5.74, 6) is 0.320. The average molecular weight is 320 g/mol. The van der Waals surface area contributed by atoms with Gasteiger partial charge in [0.25, 0.3) is 0 Å². The number of para-hydroxylation sites is 1. The summed E-state index contributed by atoms with van der Waals surface area (Å²) in [6.45, 7) is 6.29. The minimum atomic E-state index is -0.625. The monoisotopic (exact) mass is 320 g/mol. The number of benzene rings is 1. The molecule has 1 aliphatic heterocycles. The van der Waals surface area contributed by atoms with E-state index in [0.29, 0.717) is 38.5 Å². The van der Waals surface area contributed by atoms with Crippen LogP contribution >= 0.6 is 11.3 Å². The predicted octanol–water partition coefficient (Wildman–Crippen LogP) is 2.92. The zero-order chi connectivity index (χ0) is 15.6. The molecule has 1 aromatic carbocycles. The maximum absolute atomic E-state index is 10.5. The van der Waals surface area contributed by atoms with Gasteiger partial charge in [-0.15, -0.1) is 11.3 Å². The molecular weight excluding hydrogens is 296 g/mol. The first-order chi connectivity index (χ1) is 10.6. The highest BCUT2D eigenvalue weighted by atomic mass is 32.1. The molecule has 5 heteroatoms. The van der Waals surface area contributed by atoms with Gasteiger partial charge in [0.15, 0.2) is 0 Å². The lowest BCUT2D eigenvalue weighted by atomic mass is 9.93. The molecule has 1 fully saturated rings. The summed E-state index contributed by atoms with van der Waals surface area (Å²) in [5.41, 5.74) is 0.449. The summed E-state index contributed by atoms with van der Waals surface area (Å²) in [6, 6.07) is 8.53. The van der Waals surface area contributed by atoms with Crippen molar-refractivity contribution >= 4 is 21.6 Å². The van der Waals surface area contributed by atoms with Crippen molar-refractivity contribution in [1.29, 1.82) is 0 Å². The van der Waals surface area contributed by atoms with Gasteiger partial charge in [-0.05, 0) is 19.1 Å². The molecule has 1 saturated heterocycles. The van der Waals surface area contributed by atoms with E-state index in [1.165, 1.54) is 4.70 Å². The molecule has 2 unspecified atom stereocenters. The van der Waals surface area contributed by atoms with Gasteiger partial charge in [0.05, 0.1) is 20.8 Å². The number of aromatic nitrogens is 1. The average Bonchev–Trinajstić information content (AvgIpc) is 2.96. The van der Waals surface area contributed by atoms with Crippen LogP contribution < -0.4 is 5.32 Å². The third kappa shape index (κ3) is 3.49. The molecule has 2 heterocycles. The third-order valence-corrected chi connectivity index (χ3v) is 5.86. The van der Waals surface area contributed by atoms with Crippen LogP contribution in [-0.2, 0) is 4.74 Å². The molecular formula is C17H24N2O2S. The number of rotatable bonds is 5. The van der Waals surface area contributed by atoms with Gasteiger partial charge in [0.2, 0.25) is 0 Å². The Balaban J connectivity index is 1.62. The summed E-state index contributed by atoms with van der Waals surface area (Å²) >= 11 is 1.76. The van der Waals surface area contributed by atoms with Crippen LogP contribution in [0, 0.1) is 0 Å². The third-order valence-electron chi connectivity index (χ3n) is 4.63. The molecule has 3 rings (SSSR count). The summed E-state index contributed by atoms with van der Waals surface area (Å²) < 4.78 is 6.56. The molecule has 2 aromatic rings. The molecule has 0 radical (unpaired) electrons. The SMILES string of the molecule is CC(NCC1(O)CCOCC1)C(C)c1nc2ccccc2s1. The lowest BCUT2D eigenvalue weighted by molar-refractivity contribution is -0.0628. The molecule has 120 valence electrons. The maximum atomic E-state index is 10.5. The van der Waals surface area contributed by atoms with Gasteiger partial charge in [-0.1, -0.05) is 19.1 Å². The molecule has 2 atom stereocenters. The summed E-state index contributed by atoms with van der Waals surface area (Å²) in [5, 5.41) is 15.2. The lowest BCUT2D eigenvalue weighted by Gasteiger charge is -2.34. The lowest BCUT2D eigenvalue weighted by Crippen LogP contribution is -2.48. The van der Waals surface area contributed by atoms with Gasteiger partial charge in [0.1, 0.15) is 0 Å². The molecule has 2 N–H and O–H groups in total. The van der Waals surface area contributed by atoms with Gasteiger partial charge in [0, 0.05) is 44.6 Å². The van der Waals surface area contributed by atoms with Crippen LogP contribution in [0.1, 0.15) is 37.6 Å². The van der Waals surface area contributed by atoms with E-state index < -0.39 is 5.60 Å². The van der Waals surface area contributed by atoms with Crippen LogP contribution in [0.15, 0.2) is 24.3 Å². The minimum Gasteiger partial charge on any atom is -0.388 e. The van der Waals surface area contributed by atoms with E-state index in [1.54, 1.807) is 11.3 Å². The summed E-state index contributed by atoms with van der Waals surface area (Å²) in [6.07, 6.45) is 1.42. The highest BCUT2D eigenvalue weighted by molar-refractivity contribution is 7.18. The molecule has 0 aliphatic carbocycles. The van der Waals surface area contributed by atoms with Crippen molar-refractivity contribution in [3.8, 4) is 0 Å². The number of ether oxygens (including phenoxy) is 1. The first-order valence-electron chi connectivity index (χ1n) is 7.96. The van der Waals surface area contributed by atoms with Crippen molar-refractivity contribution in [1.82, 2.24) is 10.3 Å². The van der Waals surface area contributed by atoms with Crippen LogP contribution in [0.3, 0.4) is 0 Å². The first-order valence-corrected chi connectivity index (χ1v) is 8.78. The van der Waals surface area contributed by atoms with E-state index in [4.69, 9.17) is 9.72 Å². The van der Waals surface area contributed by atoms with Crippen molar-refractivity contribution in [2.45, 2.75) is 44.2 Å². The smallest absolute Gasteiger partial charge is 0.0982 e. The van der Waals surface area contributed by atoms with E-state index in [2.05, 4.69) is 37.4 Å². The number of aliphatic hydroxyl groups is 1. The Morgan fingerprint density at radius 1 is 1.32 bits per heavy atom. The van der Waals surface area contributed by atoms with Gasteiger partial charge < -0.3 is 15.2 Å². The van der Waals surface area contributed by atoms with Crippen LogP contribution in [-0.4, -0.2) is 41.5 Å². The number of hydrogen-bond donors (Lipinski definition) is 2. The molecule has 1 aliphatic rings. The van der Waals surface area contributed by atoms with Crippen molar-refractivity contribution in [2.24, 2.45) is 0 Å². The van der Waals surface area contributed by atoms with Gasteiger partial charge in [-0.3, -0.25) is 0 Å². The first kappa shape index (κ1) is 15.9. The number of hydrogen-bond acceptors (Lipinski definition) is 5. The standard InChI is InChI=1S/C17H24N2O2S/c1-12(16-19-14-5-3-4-6-15(14)22-16)13(2)18-11-17(20)7-9-21-10-8-17/h3-6,12-13,18,20H,7-11H2,1-2H3. The quantitative estimate of drug-likeness (QED) is 0.889. The van der Waals surface area contributed by atoms with E-state index >= 15 is 0 Å². The fourth-order valence-corrected chi connectivity index (χ4v) is 3.88. The van der Waals surface area contributed by atoms with Crippen molar-refractivity contribution in [3.05, 3.63) is 29.3 Å². The van der Waals surface area contributed by atoms with E-state index in [9.17, 15) is 5.11 Å². The zero-order valence-corrected chi connectivity index (χ0v) is 14.0. The van der Waals surface area contributed by atoms with Crippen molar-refractivity contribution in [2.75, 3.05) is 19.8 Å². The highest BCUT2D eigenvalue weighted by Crippen LogP contribution is 2.29. The number of fused-ring (bicyclic) bond motifs is 1. The largest absolute Gasteiger partial charge is 0.388 e. The molecule has 0 spiro atoms. The van der Waals surface area contributed by atoms with Gasteiger partial charge in [-0.25, -0.2) is 4.98 Å². The second-order valence-electron chi connectivity index (χ2n) is 6.31. The molecule has 0 amide bonds. The topological polar surface area (TPSA) is 54.4 Å². The Morgan fingerprint density at radius 2 is 2.05 bits per heavy atom. The molecule has 0 saturated carbocycles. The highest BCUT2D eigenvalue weighted by Gasteiger charge is 2.30. The number of nitrogens with zero attached hydrogens (tertiary/aromatic N) is 1. The number of nitrogens with one attached hydrogen (secondary N) is 1. The van der Waals surface area contributed by atoms with Gasteiger partial charge >= 0.3 is 0 Å². The Labute approximate surface area is 135 Å². The maximum Gasteiger partial charge on any atom is 0.0982 e. The molecule has 4 nitrogen and oxygen atoms in total. The normalized spacial score (nSPS) is 20.9. The molecule has 22 heavy (non-hydrogen) atoms. The van der Waals surface area contributed by atoms with Crippen molar-refractivity contribution in [3.63, 3.8) is 0 Å². The Morgan fingerprint density at radius 3 is 2.77 bits per heavy atom. The molecule has 1 aromatic heterocycles. The number of thiazole rings is 1. The van der Waals surface area contributed by atoms with E-state index in [1.807, 2.05) is 6.07 Å². The summed E-state index contributed by atoms with van der Waals surface area (Å²) in [7, 11) is 0. The predicted molar refractivity (Wildman–Crippen MR) is 90.5 cm³/mol. The van der Waals surface area contributed by atoms with Crippen LogP contribution in [0.25, 0.3) is 10.2 Å². The fraction of sp³-hybridized carbons (Fsp3) is 0.588. The minimum absolute atomic E-state index is 0.271. The Kier molecular flexibility index (Phi) is 4.78. The van der Waals surface area contributed by atoms with E-state index in [0.717, 1.165) is 10.5 Å². The van der Waals surface area contributed by atoms with Crippen LogP contribution in [0.4, 0.5) is 0 Å². The second-order valence-corrected chi connectivity index (χ2v) is 7.38. The fourth-order valence-electron chi connectivity index (χ4n) is 2.75. The van der Waals surface area contributed by atoms with E-state index in [-0.39, 0.29) is 6.04 Å². The van der Waals surface area contributed by atoms with Crippen LogP contribution in [0.5, 0.6) is 0 Å². The second kappa shape index (κ2) is 6.62.